The van der Waals surface area contributed by atoms with Crippen molar-refractivity contribution < 1.29 is 9.53 Å². The number of rotatable bonds is 5. The van der Waals surface area contributed by atoms with Gasteiger partial charge in [-0.2, -0.15) is 0 Å². The summed E-state index contributed by atoms with van der Waals surface area (Å²) in [6.07, 6.45) is 7.50. The Labute approximate surface area is 151 Å². The highest BCUT2D eigenvalue weighted by molar-refractivity contribution is 5.79. The minimum Gasteiger partial charge on any atom is -0.496 e. The Hall–Kier alpha value is -1.62. The van der Waals surface area contributed by atoms with Crippen LogP contribution in [0.25, 0.3) is 0 Å². The van der Waals surface area contributed by atoms with Gasteiger partial charge in [0.15, 0.2) is 0 Å². The highest BCUT2D eigenvalue weighted by Crippen LogP contribution is 2.30. The third kappa shape index (κ3) is 3.81. The van der Waals surface area contributed by atoms with Crippen molar-refractivity contribution in [3.8, 4) is 5.75 Å². The lowest BCUT2D eigenvalue weighted by Crippen LogP contribution is -2.50. The number of ether oxygens (including phenoxy) is 1. The Morgan fingerprint density at radius 1 is 1.32 bits per heavy atom. The van der Waals surface area contributed by atoms with E-state index in [1.807, 2.05) is 25.1 Å². The summed E-state index contributed by atoms with van der Waals surface area (Å²) >= 11 is 0. The van der Waals surface area contributed by atoms with Crippen molar-refractivity contribution in [1.82, 2.24) is 14.8 Å². The van der Waals surface area contributed by atoms with E-state index >= 15 is 0 Å². The molecule has 2 fully saturated rings. The van der Waals surface area contributed by atoms with Crippen LogP contribution in [0.4, 0.5) is 0 Å². The molecule has 0 aromatic carbocycles. The second-order valence-corrected chi connectivity index (χ2v) is 7.65. The average molecular weight is 345 g/mol. The number of likely N-dealkylation sites (N-methyl/N-ethyl adjacent to an activating group) is 1. The molecule has 2 aliphatic rings. The molecular formula is C20H31N3O2. The number of amides is 1. The summed E-state index contributed by atoms with van der Waals surface area (Å²) in [5.41, 5.74) is 3.28. The number of aryl methyl sites for hydroxylation is 1. The van der Waals surface area contributed by atoms with Crippen LogP contribution in [0.2, 0.25) is 0 Å². The lowest BCUT2D eigenvalue weighted by atomic mass is 9.84. The number of carbonyl (C=O) groups excluding carboxylic acids is 1. The Morgan fingerprint density at radius 3 is 2.72 bits per heavy atom. The number of hydrogen-bond acceptors (Lipinski definition) is 4. The molecule has 1 aliphatic heterocycles. The van der Waals surface area contributed by atoms with Gasteiger partial charge in [0.1, 0.15) is 5.75 Å². The number of aromatic nitrogens is 1. The monoisotopic (exact) mass is 345 g/mol. The molecule has 0 spiro atoms. The molecule has 138 valence electrons. The van der Waals surface area contributed by atoms with E-state index in [0.29, 0.717) is 11.9 Å². The van der Waals surface area contributed by atoms with E-state index < -0.39 is 0 Å². The quantitative estimate of drug-likeness (QED) is 0.823. The molecule has 0 bridgehead atoms. The van der Waals surface area contributed by atoms with Gasteiger partial charge in [-0.05, 0) is 46.1 Å². The van der Waals surface area contributed by atoms with Gasteiger partial charge in [-0.25, -0.2) is 0 Å². The van der Waals surface area contributed by atoms with Crippen LogP contribution in [0.1, 0.15) is 48.9 Å². The SMILES string of the molecule is COc1c(C)cnc(CN2CCCC(N(C)C(=O)C3CCC3)C2)c1C. The van der Waals surface area contributed by atoms with Crippen molar-refractivity contribution >= 4 is 5.91 Å². The first-order valence-electron chi connectivity index (χ1n) is 9.49. The van der Waals surface area contributed by atoms with Crippen molar-refractivity contribution in [2.45, 2.75) is 58.5 Å². The maximum absolute atomic E-state index is 12.5. The zero-order valence-electron chi connectivity index (χ0n) is 16.0. The van der Waals surface area contributed by atoms with Gasteiger partial charge in [0.25, 0.3) is 0 Å². The van der Waals surface area contributed by atoms with E-state index in [-0.39, 0.29) is 5.92 Å². The Bertz CT molecular complexity index is 628. The number of nitrogens with zero attached hydrogens (tertiary/aromatic N) is 3. The van der Waals surface area contributed by atoms with Gasteiger partial charge < -0.3 is 9.64 Å². The van der Waals surface area contributed by atoms with Gasteiger partial charge in [0.2, 0.25) is 5.91 Å². The van der Waals surface area contributed by atoms with Gasteiger partial charge in [-0.3, -0.25) is 14.7 Å². The topological polar surface area (TPSA) is 45.7 Å². The van der Waals surface area contributed by atoms with E-state index in [2.05, 4.69) is 16.8 Å². The molecule has 1 saturated heterocycles. The molecule has 5 heteroatoms. The number of carbonyl (C=O) groups is 1. The predicted molar refractivity (Wildman–Crippen MR) is 98.7 cm³/mol. The highest BCUT2D eigenvalue weighted by Gasteiger charge is 2.33. The van der Waals surface area contributed by atoms with Gasteiger partial charge in [-0.15, -0.1) is 0 Å². The summed E-state index contributed by atoms with van der Waals surface area (Å²) in [5.74, 6) is 1.57. The van der Waals surface area contributed by atoms with Crippen molar-refractivity contribution in [3.05, 3.63) is 23.0 Å². The van der Waals surface area contributed by atoms with Crippen LogP contribution in [0.5, 0.6) is 5.75 Å². The summed E-state index contributed by atoms with van der Waals surface area (Å²) in [6.45, 7) is 6.94. The third-order valence-corrected chi connectivity index (χ3v) is 5.95. The molecule has 1 aromatic rings. The molecule has 1 aromatic heterocycles. The van der Waals surface area contributed by atoms with Crippen LogP contribution in [0, 0.1) is 19.8 Å². The minimum atomic E-state index is 0.283. The molecule has 5 nitrogen and oxygen atoms in total. The molecule has 0 radical (unpaired) electrons. The second kappa shape index (κ2) is 7.73. The standard InChI is InChI=1S/C20H31N3O2/c1-14-11-21-18(15(2)19(14)25-4)13-23-10-6-9-17(12-23)22(3)20(24)16-7-5-8-16/h11,16-17H,5-10,12-13H2,1-4H3. The van der Waals surface area contributed by atoms with Crippen LogP contribution in [0.3, 0.4) is 0 Å². The van der Waals surface area contributed by atoms with Crippen LogP contribution < -0.4 is 4.74 Å². The van der Waals surface area contributed by atoms with E-state index in [1.54, 1.807) is 7.11 Å². The van der Waals surface area contributed by atoms with Crippen LogP contribution in [0.15, 0.2) is 6.20 Å². The zero-order valence-corrected chi connectivity index (χ0v) is 16.0. The molecule has 1 aliphatic carbocycles. The van der Waals surface area contributed by atoms with Crippen molar-refractivity contribution in [2.24, 2.45) is 5.92 Å². The molecule has 2 heterocycles. The van der Waals surface area contributed by atoms with Gasteiger partial charge in [-0.1, -0.05) is 6.42 Å². The number of likely N-dealkylation sites (tertiary alicyclic amines) is 1. The minimum absolute atomic E-state index is 0.283. The third-order valence-electron chi connectivity index (χ3n) is 5.95. The molecular weight excluding hydrogens is 314 g/mol. The fourth-order valence-corrected chi connectivity index (χ4v) is 4.06. The summed E-state index contributed by atoms with van der Waals surface area (Å²) < 4.78 is 5.53. The molecule has 1 atom stereocenters. The highest BCUT2D eigenvalue weighted by atomic mass is 16.5. The first-order valence-corrected chi connectivity index (χ1v) is 9.49. The Morgan fingerprint density at radius 2 is 2.08 bits per heavy atom. The van der Waals surface area contributed by atoms with Gasteiger partial charge >= 0.3 is 0 Å². The maximum Gasteiger partial charge on any atom is 0.225 e. The van der Waals surface area contributed by atoms with E-state index in [1.165, 1.54) is 6.42 Å². The van der Waals surface area contributed by atoms with E-state index in [9.17, 15) is 4.79 Å². The van der Waals surface area contributed by atoms with E-state index in [0.717, 1.165) is 67.9 Å². The van der Waals surface area contributed by atoms with E-state index in [4.69, 9.17) is 4.74 Å². The smallest absolute Gasteiger partial charge is 0.225 e. The maximum atomic E-state index is 12.5. The summed E-state index contributed by atoms with van der Waals surface area (Å²) in [7, 11) is 3.71. The van der Waals surface area contributed by atoms with Gasteiger partial charge in [0.05, 0.1) is 12.8 Å². The lowest BCUT2D eigenvalue weighted by molar-refractivity contribution is -0.140. The largest absolute Gasteiger partial charge is 0.496 e. The number of hydrogen-bond donors (Lipinski definition) is 0. The summed E-state index contributed by atoms with van der Waals surface area (Å²) in [5, 5.41) is 0. The second-order valence-electron chi connectivity index (χ2n) is 7.65. The first-order chi connectivity index (χ1) is 12.0. The number of pyridine rings is 1. The van der Waals surface area contributed by atoms with Crippen molar-refractivity contribution in [3.63, 3.8) is 0 Å². The lowest BCUT2D eigenvalue weighted by Gasteiger charge is -2.40. The van der Waals surface area contributed by atoms with Crippen LogP contribution in [-0.2, 0) is 11.3 Å². The first kappa shape index (κ1) is 18.2. The van der Waals surface area contributed by atoms with Crippen LogP contribution in [-0.4, -0.2) is 54.0 Å². The average Bonchev–Trinajstić information content (AvgIpc) is 2.56. The molecule has 1 saturated carbocycles. The molecule has 1 amide bonds. The zero-order chi connectivity index (χ0) is 18.0. The Kier molecular flexibility index (Phi) is 5.62. The number of piperidine rings is 1. The van der Waals surface area contributed by atoms with Crippen LogP contribution >= 0.6 is 0 Å². The summed E-state index contributed by atoms with van der Waals surface area (Å²) in [6, 6.07) is 0.328. The summed E-state index contributed by atoms with van der Waals surface area (Å²) in [4.78, 5) is 21.6. The molecule has 3 rings (SSSR count). The number of methoxy groups -OCH3 is 1. The normalized spacial score (nSPS) is 21.7. The predicted octanol–water partition coefficient (Wildman–Crippen LogP) is 2.93. The fourth-order valence-electron chi connectivity index (χ4n) is 4.06. The van der Waals surface area contributed by atoms with Crippen molar-refractivity contribution in [1.29, 1.82) is 0 Å². The molecule has 25 heavy (non-hydrogen) atoms. The molecule has 1 unspecified atom stereocenters. The van der Waals surface area contributed by atoms with Crippen molar-refractivity contribution in [2.75, 3.05) is 27.2 Å². The van der Waals surface area contributed by atoms with Gasteiger partial charge in [0, 0.05) is 49.4 Å². The Balaban J connectivity index is 1.65. The fraction of sp³-hybridized carbons (Fsp3) is 0.700. The molecule has 0 N–H and O–H groups in total.